The van der Waals surface area contributed by atoms with Crippen molar-refractivity contribution >= 4 is 0 Å². The zero-order valence-corrected chi connectivity index (χ0v) is 12.5. The summed E-state index contributed by atoms with van der Waals surface area (Å²) in [6.07, 6.45) is 0. The Morgan fingerprint density at radius 3 is 1.65 bits per heavy atom. The van der Waals surface area contributed by atoms with Crippen LogP contribution in [0.5, 0.6) is 0 Å². The predicted octanol–water partition coefficient (Wildman–Crippen LogP) is 3.26. The van der Waals surface area contributed by atoms with Crippen LogP contribution in [0.3, 0.4) is 0 Å². The van der Waals surface area contributed by atoms with E-state index in [0.29, 0.717) is 6.54 Å². The average molecular weight is 268 g/mol. The number of aryl methyl sites for hydroxylation is 2. The predicted molar refractivity (Wildman–Crippen MR) is 85.5 cm³/mol. The number of rotatable bonds is 6. The Hall–Kier alpha value is -1.64. The van der Waals surface area contributed by atoms with Crippen LogP contribution in [0.2, 0.25) is 0 Å². The summed E-state index contributed by atoms with van der Waals surface area (Å²) in [7, 11) is 0. The summed E-state index contributed by atoms with van der Waals surface area (Å²) in [5, 5.41) is 0. The van der Waals surface area contributed by atoms with Crippen LogP contribution in [-0.2, 0) is 13.1 Å². The SMILES string of the molecule is Cc1ccccc1CN(CCN)Cc1ccccc1C. The maximum absolute atomic E-state index is 5.77. The quantitative estimate of drug-likeness (QED) is 0.871. The molecule has 0 fully saturated rings. The van der Waals surface area contributed by atoms with E-state index in [1.54, 1.807) is 0 Å². The molecule has 2 heteroatoms. The van der Waals surface area contributed by atoms with Crippen molar-refractivity contribution in [1.82, 2.24) is 4.90 Å². The van der Waals surface area contributed by atoms with Crippen molar-refractivity contribution in [3.05, 3.63) is 70.8 Å². The minimum absolute atomic E-state index is 0.692. The zero-order valence-electron chi connectivity index (χ0n) is 12.5. The molecule has 0 unspecified atom stereocenters. The minimum Gasteiger partial charge on any atom is -0.329 e. The van der Waals surface area contributed by atoms with Crippen LogP contribution in [0.1, 0.15) is 22.3 Å². The van der Waals surface area contributed by atoms with Crippen LogP contribution in [0.15, 0.2) is 48.5 Å². The van der Waals surface area contributed by atoms with Crippen molar-refractivity contribution in [1.29, 1.82) is 0 Å². The van der Waals surface area contributed by atoms with E-state index in [1.165, 1.54) is 22.3 Å². The first-order valence-corrected chi connectivity index (χ1v) is 7.22. The van der Waals surface area contributed by atoms with Crippen molar-refractivity contribution in [2.75, 3.05) is 13.1 Å². The van der Waals surface area contributed by atoms with E-state index in [1.807, 2.05) is 0 Å². The molecule has 2 nitrogen and oxygen atoms in total. The molecular formula is C18H24N2. The second-order valence-electron chi connectivity index (χ2n) is 5.35. The molecule has 20 heavy (non-hydrogen) atoms. The standard InChI is InChI=1S/C18H24N2/c1-15-7-3-5-9-17(15)13-20(12-11-19)14-18-10-6-4-8-16(18)2/h3-10H,11-14,19H2,1-2H3. The third-order valence-corrected chi connectivity index (χ3v) is 3.76. The monoisotopic (exact) mass is 268 g/mol. The normalized spacial score (nSPS) is 11.0. The average Bonchev–Trinajstić information content (AvgIpc) is 2.44. The maximum atomic E-state index is 5.77. The Balaban J connectivity index is 2.12. The summed E-state index contributed by atoms with van der Waals surface area (Å²) >= 11 is 0. The minimum atomic E-state index is 0.692. The largest absolute Gasteiger partial charge is 0.329 e. The van der Waals surface area contributed by atoms with Crippen LogP contribution in [0.25, 0.3) is 0 Å². The summed E-state index contributed by atoms with van der Waals surface area (Å²) in [6, 6.07) is 17.1. The summed E-state index contributed by atoms with van der Waals surface area (Å²) in [4.78, 5) is 2.42. The van der Waals surface area contributed by atoms with Crippen LogP contribution in [0, 0.1) is 13.8 Å². The van der Waals surface area contributed by atoms with Gasteiger partial charge in [0.05, 0.1) is 0 Å². The second-order valence-corrected chi connectivity index (χ2v) is 5.35. The lowest BCUT2D eigenvalue weighted by molar-refractivity contribution is 0.263. The van der Waals surface area contributed by atoms with Crippen molar-refractivity contribution < 1.29 is 0 Å². The lowest BCUT2D eigenvalue weighted by Crippen LogP contribution is -2.29. The van der Waals surface area contributed by atoms with E-state index in [2.05, 4.69) is 67.3 Å². The van der Waals surface area contributed by atoms with Gasteiger partial charge in [0.15, 0.2) is 0 Å². The van der Waals surface area contributed by atoms with Gasteiger partial charge in [0.1, 0.15) is 0 Å². The first kappa shape index (κ1) is 14.8. The van der Waals surface area contributed by atoms with Crippen LogP contribution < -0.4 is 5.73 Å². The molecule has 0 saturated heterocycles. The van der Waals surface area contributed by atoms with Gasteiger partial charge in [0.25, 0.3) is 0 Å². The van der Waals surface area contributed by atoms with Crippen LogP contribution in [-0.4, -0.2) is 18.0 Å². The fraction of sp³-hybridized carbons (Fsp3) is 0.333. The molecule has 2 aromatic rings. The smallest absolute Gasteiger partial charge is 0.0240 e. The van der Waals surface area contributed by atoms with Gasteiger partial charge in [-0.05, 0) is 36.1 Å². The van der Waals surface area contributed by atoms with Crippen molar-refractivity contribution in [2.45, 2.75) is 26.9 Å². The van der Waals surface area contributed by atoms with Gasteiger partial charge in [0.2, 0.25) is 0 Å². The molecule has 0 radical (unpaired) electrons. The van der Waals surface area contributed by atoms with Crippen LogP contribution >= 0.6 is 0 Å². The van der Waals surface area contributed by atoms with Gasteiger partial charge in [-0.3, -0.25) is 4.90 Å². The fourth-order valence-electron chi connectivity index (χ4n) is 2.45. The molecule has 0 aliphatic heterocycles. The summed E-state index contributed by atoms with van der Waals surface area (Å²) in [6.45, 7) is 7.87. The molecular weight excluding hydrogens is 244 g/mol. The number of nitrogens with zero attached hydrogens (tertiary/aromatic N) is 1. The Kier molecular flexibility index (Phi) is 5.33. The molecule has 0 aliphatic rings. The molecule has 0 saturated carbocycles. The molecule has 2 aromatic carbocycles. The number of nitrogens with two attached hydrogens (primary N) is 1. The van der Waals surface area contributed by atoms with Gasteiger partial charge >= 0.3 is 0 Å². The van der Waals surface area contributed by atoms with Gasteiger partial charge < -0.3 is 5.73 Å². The Morgan fingerprint density at radius 1 is 0.800 bits per heavy atom. The summed E-state index contributed by atoms with van der Waals surface area (Å²) < 4.78 is 0. The second kappa shape index (κ2) is 7.22. The van der Waals surface area contributed by atoms with Gasteiger partial charge in [-0.1, -0.05) is 48.5 Å². The number of hydrogen-bond donors (Lipinski definition) is 1. The molecule has 2 N–H and O–H groups in total. The zero-order chi connectivity index (χ0) is 14.4. The lowest BCUT2D eigenvalue weighted by atomic mass is 10.1. The summed E-state index contributed by atoms with van der Waals surface area (Å²) in [5.74, 6) is 0. The van der Waals surface area contributed by atoms with E-state index in [0.717, 1.165) is 19.6 Å². The van der Waals surface area contributed by atoms with Gasteiger partial charge in [-0.15, -0.1) is 0 Å². The van der Waals surface area contributed by atoms with E-state index >= 15 is 0 Å². The number of hydrogen-bond acceptors (Lipinski definition) is 2. The van der Waals surface area contributed by atoms with Crippen molar-refractivity contribution in [2.24, 2.45) is 5.73 Å². The Labute approximate surface area is 122 Å². The third-order valence-electron chi connectivity index (χ3n) is 3.76. The maximum Gasteiger partial charge on any atom is 0.0240 e. The number of benzene rings is 2. The first-order valence-electron chi connectivity index (χ1n) is 7.22. The molecule has 0 bridgehead atoms. The molecule has 0 aromatic heterocycles. The highest BCUT2D eigenvalue weighted by molar-refractivity contribution is 5.27. The molecule has 106 valence electrons. The molecule has 2 rings (SSSR count). The molecule has 0 amide bonds. The summed E-state index contributed by atoms with van der Waals surface area (Å²) in [5.41, 5.74) is 11.2. The Bertz CT molecular complexity index is 501. The van der Waals surface area contributed by atoms with Crippen molar-refractivity contribution in [3.8, 4) is 0 Å². The highest BCUT2D eigenvalue weighted by atomic mass is 15.1. The molecule has 0 heterocycles. The third kappa shape index (κ3) is 3.92. The van der Waals surface area contributed by atoms with E-state index in [4.69, 9.17) is 5.73 Å². The molecule has 0 aliphatic carbocycles. The van der Waals surface area contributed by atoms with Gasteiger partial charge in [-0.2, -0.15) is 0 Å². The fourth-order valence-corrected chi connectivity index (χ4v) is 2.45. The highest BCUT2D eigenvalue weighted by Crippen LogP contribution is 2.15. The van der Waals surface area contributed by atoms with E-state index in [-0.39, 0.29) is 0 Å². The Morgan fingerprint density at radius 2 is 1.25 bits per heavy atom. The molecule has 0 atom stereocenters. The lowest BCUT2D eigenvalue weighted by Gasteiger charge is -2.23. The van der Waals surface area contributed by atoms with Crippen molar-refractivity contribution in [3.63, 3.8) is 0 Å². The topological polar surface area (TPSA) is 29.3 Å². The van der Waals surface area contributed by atoms with Gasteiger partial charge in [-0.25, -0.2) is 0 Å². The van der Waals surface area contributed by atoms with Crippen LogP contribution in [0.4, 0.5) is 0 Å². The van der Waals surface area contributed by atoms with Gasteiger partial charge in [0, 0.05) is 26.2 Å². The molecule has 0 spiro atoms. The van der Waals surface area contributed by atoms with E-state index in [9.17, 15) is 0 Å². The highest BCUT2D eigenvalue weighted by Gasteiger charge is 2.09. The first-order chi connectivity index (χ1) is 9.70. The van der Waals surface area contributed by atoms with E-state index < -0.39 is 0 Å².